The molecule has 17 heavy (non-hydrogen) atoms. The molecule has 1 aromatic carbocycles. The second-order valence-electron chi connectivity index (χ2n) is 4.50. The van der Waals surface area contributed by atoms with Crippen molar-refractivity contribution in [2.24, 2.45) is 0 Å². The maximum Gasteiger partial charge on any atom is 0.305 e. The van der Waals surface area contributed by atoms with Gasteiger partial charge in [-0.05, 0) is 19.1 Å². The number of nitrogens with zero attached hydrogens (tertiary/aromatic N) is 1. The van der Waals surface area contributed by atoms with Crippen LogP contribution in [0.4, 0.5) is 5.69 Å². The van der Waals surface area contributed by atoms with Crippen molar-refractivity contribution in [3.63, 3.8) is 0 Å². The Morgan fingerprint density at radius 3 is 2.76 bits per heavy atom. The number of hydrogen-bond donors (Lipinski definition) is 2. The molecular weight excluding hydrogens is 216 g/mol. The van der Waals surface area contributed by atoms with Crippen molar-refractivity contribution in [2.45, 2.75) is 25.4 Å². The first-order valence-electron chi connectivity index (χ1n) is 5.94. The topological polar surface area (TPSA) is 52.6 Å². The highest BCUT2D eigenvalue weighted by atomic mass is 16.4. The number of carbonyl (C=O) groups is 1. The molecule has 2 unspecified atom stereocenters. The molecule has 0 saturated carbocycles. The molecule has 0 aliphatic carbocycles. The number of carboxylic acid groups (broad SMARTS) is 1. The van der Waals surface area contributed by atoms with Gasteiger partial charge in [0, 0.05) is 24.8 Å². The third-order valence-corrected chi connectivity index (χ3v) is 3.15. The number of hydrogen-bond acceptors (Lipinski definition) is 3. The zero-order valence-electron chi connectivity index (χ0n) is 9.97. The van der Waals surface area contributed by atoms with E-state index in [0.29, 0.717) is 6.04 Å². The van der Waals surface area contributed by atoms with Gasteiger partial charge in [-0.15, -0.1) is 0 Å². The number of benzene rings is 1. The van der Waals surface area contributed by atoms with E-state index in [1.54, 1.807) is 0 Å². The van der Waals surface area contributed by atoms with E-state index in [-0.39, 0.29) is 12.5 Å². The van der Waals surface area contributed by atoms with Gasteiger partial charge in [-0.1, -0.05) is 18.2 Å². The maximum atomic E-state index is 10.9. The summed E-state index contributed by atoms with van der Waals surface area (Å²) in [6.07, 6.45) is 0.173. The number of rotatable bonds is 3. The maximum absolute atomic E-state index is 10.9. The molecule has 4 nitrogen and oxygen atoms in total. The van der Waals surface area contributed by atoms with Gasteiger partial charge >= 0.3 is 5.97 Å². The second kappa shape index (κ2) is 5.19. The quantitative estimate of drug-likeness (QED) is 0.828. The van der Waals surface area contributed by atoms with Gasteiger partial charge in [-0.25, -0.2) is 0 Å². The van der Waals surface area contributed by atoms with E-state index in [9.17, 15) is 4.79 Å². The summed E-state index contributed by atoms with van der Waals surface area (Å²) < 4.78 is 0. The van der Waals surface area contributed by atoms with Crippen molar-refractivity contribution < 1.29 is 9.90 Å². The lowest BCUT2D eigenvalue weighted by Crippen LogP contribution is -2.57. The molecule has 1 aliphatic rings. The third kappa shape index (κ3) is 2.77. The average molecular weight is 234 g/mol. The highest BCUT2D eigenvalue weighted by molar-refractivity contribution is 5.69. The van der Waals surface area contributed by atoms with E-state index in [1.807, 2.05) is 30.3 Å². The molecule has 1 saturated heterocycles. The molecule has 0 bridgehead atoms. The van der Waals surface area contributed by atoms with E-state index in [2.05, 4.69) is 17.1 Å². The minimum Gasteiger partial charge on any atom is -0.481 e. The lowest BCUT2D eigenvalue weighted by Gasteiger charge is -2.42. The Balaban J connectivity index is 2.22. The fourth-order valence-corrected chi connectivity index (χ4v) is 2.45. The molecule has 2 atom stereocenters. The monoisotopic (exact) mass is 234 g/mol. The smallest absolute Gasteiger partial charge is 0.305 e. The summed E-state index contributed by atoms with van der Waals surface area (Å²) in [7, 11) is 0. The number of carboxylic acids is 1. The molecule has 0 spiro atoms. The zero-order chi connectivity index (χ0) is 12.3. The fraction of sp³-hybridized carbons (Fsp3) is 0.462. The molecule has 1 aliphatic heterocycles. The number of anilines is 1. The molecule has 0 aromatic heterocycles. The van der Waals surface area contributed by atoms with E-state index in [1.165, 1.54) is 0 Å². The first-order valence-corrected chi connectivity index (χ1v) is 5.94. The largest absolute Gasteiger partial charge is 0.481 e. The first kappa shape index (κ1) is 11.9. The van der Waals surface area contributed by atoms with Gasteiger partial charge in [-0.3, -0.25) is 4.79 Å². The molecule has 1 aromatic rings. The Hall–Kier alpha value is -1.55. The molecule has 1 heterocycles. The number of nitrogens with one attached hydrogen (secondary N) is 1. The molecule has 92 valence electrons. The van der Waals surface area contributed by atoms with Gasteiger partial charge < -0.3 is 15.3 Å². The van der Waals surface area contributed by atoms with Crippen molar-refractivity contribution >= 4 is 11.7 Å². The number of piperazine rings is 1. The summed E-state index contributed by atoms with van der Waals surface area (Å²) in [6.45, 7) is 3.74. The summed E-state index contributed by atoms with van der Waals surface area (Å²) >= 11 is 0. The summed E-state index contributed by atoms with van der Waals surface area (Å²) in [6, 6.07) is 10.4. The predicted molar refractivity (Wildman–Crippen MR) is 67.3 cm³/mol. The molecule has 1 fully saturated rings. The average Bonchev–Trinajstić information content (AvgIpc) is 2.29. The molecule has 2 N–H and O–H groups in total. The Morgan fingerprint density at radius 2 is 2.12 bits per heavy atom. The summed E-state index contributed by atoms with van der Waals surface area (Å²) in [5.74, 6) is -0.744. The molecule has 4 heteroatoms. The summed E-state index contributed by atoms with van der Waals surface area (Å²) in [5.41, 5.74) is 1.10. The lowest BCUT2D eigenvalue weighted by atomic mass is 10.0. The molecular formula is C13H18N2O2. The number of aliphatic carboxylic acids is 1. The normalized spacial score (nSPS) is 24.6. The second-order valence-corrected chi connectivity index (χ2v) is 4.50. The van der Waals surface area contributed by atoms with Gasteiger partial charge in [0.05, 0.1) is 12.5 Å². The van der Waals surface area contributed by atoms with Crippen molar-refractivity contribution in [1.29, 1.82) is 0 Å². The standard InChI is InChI=1S/C13H18N2O2/c1-10-8-14-9-12(7-13(16)17)15(10)11-5-3-2-4-6-11/h2-6,10,12,14H,7-9H2,1H3,(H,16,17). The van der Waals surface area contributed by atoms with Crippen LogP contribution in [0.3, 0.4) is 0 Å². The van der Waals surface area contributed by atoms with Crippen molar-refractivity contribution in [2.75, 3.05) is 18.0 Å². The Labute approximate surface area is 101 Å². The van der Waals surface area contributed by atoms with Gasteiger partial charge in [-0.2, -0.15) is 0 Å². The fourth-order valence-electron chi connectivity index (χ4n) is 2.45. The van der Waals surface area contributed by atoms with Crippen LogP contribution in [0.25, 0.3) is 0 Å². The highest BCUT2D eigenvalue weighted by Gasteiger charge is 2.29. The number of para-hydroxylation sites is 1. The van der Waals surface area contributed by atoms with Crippen molar-refractivity contribution in [3.05, 3.63) is 30.3 Å². The summed E-state index contributed by atoms with van der Waals surface area (Å²) in [4.78, 5) is 13.1. The van der Waals surface area contributed by atoms with Gasteiger partial charge in [0.25, 0.3) is 0 Å². The molecule has 2 rings (SSSR count). The van der Waals surface area contributed by atoms with Crippen molar-refractivity contribution in [3.8, 4) is 0 Å². The Kier molecular flexibility index (Phi) is 3.64. The lowest BCUT2D eigenvalue weighted by molar-refractivity contribution is -0.137. The minimum absolute atomic E-state index is 0.0265. The molecule has 0 amide bonds. The van der Waals surface area contributed by atoms with Crippen LogP contribution in [0.15, 0.2) is 30.3 Å². The van der Waals surface area contributed by atoms with Crippen LogP contribution >= 0.6 is 0 Å². The van der Waals surface area contributed by atoms with Crippen LogP contribution in [-0.2, 0) is 4.79 Å². The Morgan fingerprint density at radius 1 is 1.41 bits per heavy atom. The minimum atomic E-state index is -0.744. The highest BCUT2D eigenvalue weighted by Crippen LogP contribution is 2.23. The predicted octanol–water partition coefficient (Wildman–Crippen LogP) is 1.33. The van der Waals surface area contributed by atoms with Gasteiger partial charge in [0.2, 0.25) is 0 Å². The van der Waals surface area contributed by atoms with E-state index in [0.717, 1.165) is 18.8 Å². The van der Waals surface area contributed by atoms with E-state index < -0.39 is 5.97 Å². The van der Waals surface area contributed by atoms with Crippen molar-refractivity contribution in [1.82, 2.24) is 5.32 Å². The van der Waals surface area contributed by atoms with Gasteiger partial charge in [0.1, 0.15) is 0 Å². The van der Waals surface area contributed by atoms with Crippen LogP contribution < -0.4 is 10.2 Å². The van der Waals surface area contributed by atoms with Crippen LogP contribution in [0, 0.1) is 0 Å². The first-order chi connectivity index (χ1) is 8.18. The third-order valence-electron chi connectivity index (χ3n) is 3.15. The SMILES string of the molecule is CC1CNCC(CC(=O)O)N1c1ccccc1. The van der Waals surface area contributed by atoms with Crippen LogP contribution in [0.5, 0.6) is 0 Å². The van der Waals surface area contributed by atoms with E-state index in [4.69, 9.17) is 5.11 Å². The summed E-state index contributed by atoms with van der Waals surface area (Å²) in [5, 5.41) is 12.2. The van der Waals surface area contributed by atoms with Crippen LogP contribution in [0.2, 0.25) is 0 Å². The Bertz CT molecular complexity index is 380. The van der Waals surface area contributed by atoms with Crippen LogP contribution in [-0.4, -0.2) is 36.2 Å². The molecule has 0 radical (unpaired) electrons. The van der Waals surface area contributed by atoms with Crippen LogP contribution in [0.1, 0.15) is 13.3 Å². The van der Waals surface area contributed by atoms with Gasteiger partial charge in [0.15, 0.2) is 0 Å². The zero-order valence-corrected chi connectivity index (χ0v) is 9.97. The van der Waals surface area contributed by atoms with E-state index >= 15 is 0 Å².